The molecule has 2 N–H and O–H groups in total. The Bertz CT molecular complexity index is 544. The maximum absolute atomic E-state index is 12.1. The highest BCUT2D eigenvalue weighted by molar-refractivity contribution is 14.0. The van der Waals surface area contributed by atoms with Crippen LogP contribution in [0.15, 0.2) is 22.5 Å². The topological polar surface area (TPSA) is 66.0 Å². The third-order valence-electron chi connectivity index (χ3n) is 3.66. The summed E-state index contributed by atoms with van der Waals surface area (Å²) in [5.74, 6) is 0.781. The first-order valence-electron chi connectivity index (χ1n) is 8.65. The minimum atomic E-state index is -0.474. The Morgan fingerprint density at radius 3 is 2.54 bits per heavy atom. The van der Waals surface area contributed by atoms with E-state index in [1.807, 2.05) is 27.7 Å². The lowest BCUT2D eigenvalue weighted by atomic mass is 10.2. The Hall–Kier alpha value is -1.03. The van der Waals surface area contributed by atoms with Crippen molar-refractivity contribution in [2.75, 3.05) is 27.2 Å². The highest BCUT2D eigenvalue weighted by Crippen LogP contribution is 2.11. The SMILES string of the molecule is CN=C(NCCc1cccs1)NCCC(C)N(C)C(=O)OC(C)(C)C.I. The van der Waals surface area contributed by atoms with Crippen LogP contribution in [0.4, 0.5) is 4.79 Å². The van der Waals surface area contributed by atoms with Crippen LogP contribution in [0.2, 0.25) is 0 Å². The van der Waals surface area contributed by atoms with E-state index in [9.17, 15) is 4.79 Å². The van der Waals surface area contributed by atoms with Crippen molar-refractivity contribution >= 4 is 47.4 Å². The number of ether oxygens (including phenoxy) is 1. The molecule has 8 heteroatoms. The number of guanidine groups is 1. The average molecular weight is 496 g/mol. The molecule has 6 nitrogen and oxygen atoms in total. The van der Waals surface area contributed by atoms with Crippen LogP contribution in [0.3, 0.4) is 0 Å². The van der Waals surface area contributed by atoms with Gasteiger partial charge in [-0.05, 0) is 52.0 Å². The molecule has 1 atom stereocenters. The second-order valence-electron chi connectivity index (χ2n) is 6.98. The first kappa shape index (κ1) is 25.0. The van der Waals surface area contributed by atoms with Gasteiger partial charge in [0.05, 0.1) is 0 Å². The van der Waals surface area contributed by atoms with Crippen LogP contribution < -0.4 is 10.6 Å². The quantitative estimate of drug-likeness (QED) is 0.343. The summed E-state index contributed by atoms with van der Waals surface area (Å²) in [6, 6.07) is 4.28. The standard InChI is InChI=1S/C18H32N4O2S.HI/c1-14(22(6)17(23)24-18(2,3)4)9-11-20-16(19-5)21-12-10-15-8-7-13-25-15;/h7-8,13-14H,9-12H2,1-6H3,(H2,19,20,21);1H. The number of nitrogens with zero attached hydrogens (tertiary/aromatic N) is 2. The largest absolute Gasteiger partial charge is 0.444 e. The van der Waals surface area contributed by atoms with E-state index in [0.29, 0.717) is 0 Å². The number of carbonyl (C=O) groups excluding carboxylic acids is 1. The lowest BCUT2D eigenvalue weighted by Crippen LogP contribution is -2.43. The van der Waals surface area contributed by atoms with Gasteiger partial charge in [0.25, 0.3) is 0 Å². The maximum atomic E-state index is 12.1. The van der Waals surface area contributed by atoms with E-state index in [0.717, 1.165) is 31.9 Å². The normalized spacial score (nSPS) is 12.8. The number of carbonyl (C=O) groups is 1. The van der Waals surface area contributed by atoms with E-state index in [2.05, 4.69) is 33.1 Å². The monoisotopic (exact) mass is 496 g/mol. The van der Waals surface area contributed by atoms with Gasteiger partial charge in [-0.3, -0.25) is 4.99 Å². The molecule has 1 aromatic rings. The van der Waals surface area contributed by atoms with E-state index in [-0.39, 0.29) is 36.1 Å². The summed E-state index contributed by atoms with van der Waals surface area (Å²) in [6.07, 6.45) is 1.50. The Labute approximate surface area is 178 Å². The van der Waals surface area contributed by atoms with Gasteiger partial charge in [0.1, 0.15) is 5.60 Å². The number of amides is 1. The summed E-state index contributed by atoms with van der Waals surface area (Å²) >= 11 is 1.76. The summed E-state index contributed by atoms with van der Waals surface area (Å²) < 4.78 is 5.39. The number of hydrogen-bond acceptors (Lipinski definition) is 4. The maximum Gasteiger partial charge on any atom is 0.410 e. The van der Waals surface area contributed by atoms with Gasteiger partial charge in [0, 0.05) is 38.1 Å². The van der Waals surface area contributed by atoms with Crippen LogP contribution in [0.5, 0.6) is 0 Å². The predicted octanol–water partition coefficient (Wildman–Crippen LogP) is 3.72. The number of thiophene rings is 1. The molecule has 0 spiro atoms. The van der Waals surface area contributed by atoms with Gasteiger partial charge in [-0.2, -0.15) is 0 Å². The molecule has 0 saturated heterocycles. The molecule has 1 unspecified atom stereocenters. The molecule has 1 amide bonds. The van der Waals surface area contributed by atoms with Crippen molar-refractivity contribution in [3.8, 4) is 0 Å². The Morgan fingerprint density at radius 1 is 1.35 bits per heavy atom. The highest BCUT2D eigenvalue weighted by atomic mass is 127. The van der Waals surface area contributed by atoms with Crippen molar-refractivity contribution in [2.45, 2.75) is 52.2 Å². The third-order valence-corrected chi connectivity index (χ3v) is 4.60. The lowest BCUT2D eigenvalue weighted by molar-refractivity contribution is 0.0230. The second-order valence-corrected chi connectivity index (χ2v) is 8.02. The molecule has 0 aliphatic rings. The molecule has 1 heterocycles. The molecule has 0 aliphatic carbocycles. The van der Waals surface area contributed by atoms with Gasteiger partial charge in [-0.1, -0.05) is 6.07 Å². The van der Waals surface area contributed by atoms with Crippen molar-refractivity contribution in [3.05, 3.63) is 22.4 Å². The zero-order valence-electron chi connectivity index (χ0n) is 16.7. The summed E-state index contributed by atoms with van der Waals surface area (Å²) in [5.41, 5.74) is -0.474. The lowest BCUT2D eigenvalue weighted by Gasteiger charge is -2.28. The molecule has 0 radical (unpaired) electrons. The van der Waals surface area contributed by atoms with E-state index < -0.39 is 5.60 Å². The fourth-order valence-corrected chi connectivity index (χ4v) is 2.80. The van der Waals surface area contributed by atoms with Crippen LogP contribution in [0.25, 0.3) is 0 Å². The Kier molecular flexibility index (Phi) is 11.9. The molecule has 0 aromatic carbocycles. The van der Waals surface area contributed by atoms with Crippen molar-refractivity contribution in [1.29, 1.82) is 0 Å². The molecule has 0 aliphatic heterocycles. The first-order valence-corrected chi connectivity index (χ1v) is 9.53. The summed E-state index contributed by atoms with van der Waals surface area (Å²) in [4.78, 5) is 19.3. The molecule has 26 heavy (non-hydrogen) atoms. The molecular formula is C18H33IN4O2S. The van der Waals surface area contributed by atoms with Gasteiger partial charge < -0.3 is 20.3 Å². The van der Waals surface area contributed by atoms with Crippen molar-refractivity contribution in [2.24, 2.45) is 4.99 Å². The zero-order chi connectivity index (χ0) is 18.9. The zero-order valence-corrected chi connectivity index (χ0v) is 19.8. The second kappa shape index (κ2) is 12.4. The number of aliphatic imine (C=N–C) groups is 1. The first-order chi connectivity index (χ1) is 11.7. The molecule has 0 saturated carbocycles. The van der Waals surface area contributed by atoms with E-state index in [4.69, 9.17) is 4.74 Å². The third kappa shape index (κ3) is 10.2. The van der Waals surface area contributed by atoms with E-state index in [1.54, 1.807) is 30.3 Å². The van der Waals surface area contributed by atoms with Gasteiger partial charge in [0.2, 0.25) is 0 Å². The Morgan fingerprint density at radius 2 is 2.00 bits per heavy atom. The fourth-order valence-electron chi connectivity index (χ4n) is 2.09. The predicted molar refractivity (Wildman–Crippen MR) is 121 cm³/mol. The molecule has 0 fully saturated rings. The molecule has 0 bridgehead atoms. The van der Waals surface area contributed by atoms with E-state index >= 15 is 0 Å². The van der Waals surface area contributed by atoms with Gasteiger partial charge in [-0.25, -0.2) is 4.79 Å². The Balaban J connectivity index is 0.00000625. The van der Waals surface area contributed by atoms with Crippen LogP contribution in [0.1, 0.15) is 39.0 Å². The number of hydrogen-bond donors (Lipinski definition) is 2. The van der Waals surface area contributed by atoms with Crippen LogP contribution in [-0.4, -0.2) is 55.8 Å². The molecule has 1 aromatic heterocycles. The number of halogens is 1. The summed E-state index contributed by atoms with van der Waals surface area (Å²) in [6.45, 7) is 9.20. The van der Waals surface area contributed by atoms with E-state index in [1.165, 1.54) is 4.88 Å². The van der Waals surface area contributed by atoms with Crippen LogP contribution >= 0.6 is 35.3 Å². The minimum Gasteiger partial charge on any atom is -0.444 e. The fraction of sp³-hybridized carbons (Fsp3) is 0.667. The van der Waals surface area contributed by atoms with Crippen LogP contribution in [0, 0.1) is 0 Å². The molecule has 1 rings (SSSR count). The average Bonchev–Trinajstić information content (AvgIpc) is 3.04. The molecule has 150 valence electrons. The number of nitrogens with one attached hydrogen (secondary N) is 2. The summed E-state index contributed by atoms with van der Waals surface area (Å²) in [5, 5.41) is 8.68. The smallest absolute Gasteiger partial charge is 0.410 e. The van der Waals surface area contributed by atoms with Gasteiger partial charge in [0.15, 0.2) is 5.96 Å². The van der Waals surface area contributed by atoms with Gasteiger partial charge in [-0.15, -0.1) is 35.3 Å². The van der Waals surface area contributed by atoms with Crippen molar-refractivity contribution in [1.82, 2.24) is 15.5 Å². The number of rotatable bonds is 7. The molecular weight excluding hydrogens is 463 g/mol. The van der Waals surface area contributed by atoms with Crippen molar-refractivity contribution < 1.29 is 9.53 Å². The van der Waals surface area contributed by atoms with Crippen molar-refractivity contribution in [3.63, 3.8) is 0 Å². The summed E-state index contributed by atoms with van der Waals surface area (Å²) in [7, 11) is 3.53. The van der Waals surface area contributed by atoms with Crippen LogP contribution in [-0.2, 0) is 11.2 Å². The minimum absolute atomic E-state index is 0. The highest BCUT2D eigenvalue weighted by Gasteiger charge is 2.22. The van der Waals surface area contributed by atoms with Gasteiger partial charge >= 0.3 is 6.09 Å².